The van der Waals surface area contributed by atoms with Gasteiger partial charge in [0.25, 0.3) is 0 Å². The van der Waals surface area contributed by atoms with E-state index in [9.17, 15) is 9.18 Å². The van der Waals surface area contributed by atoms with Crippen LogP contribution >= 0.6 is 0 Å². The first-order chi connectivity index (χ1) is 12.0. The predicted octanol–water partition coefficient (Wildman–Crippen LogP) is 2.18. The van der Waals surface area contributed by atoms with Crippen molar-refractivity contribution in [1.29, 1.82) is 0 Å². The molecule has 0 bridgehead atoms. The highest BCUT2D eigenvalue weighted by Gasteiger charge is 2.32. The molecule has 0 aliphatic carbocycles. The molecule has 1 amide bonds. The Morgan fingerprint density at radius 3 is 2.84 bits per heavy atom. The lowest BCUT2D eigenvalue weighted by molar-refractivity contribution is -0.130. The number of aliphatic hydroxyl groups excluding tert-OH is 1. The Labute approximate surface area is 149 Å². The van der Waals surface area contributed by atoms with E-state index >= 15 is 0 Å². The summed E-state index contributed by atoms with van der Waals surface area (Å²) >= 11 is 0. The second kappa shape index (κ2) is 9.73. The number of benzene rings is 1. The Morgan fingerprint density at radius 1 is 1.44 bits per heavy atom. The lowest BCUT2D eigenvalue weighted by atomic mass is 9.98. The number of aliphatic hydroxyl groups is 1. The van der Waals surface area contributed by atoms with Crippen molar-refractivity contribution in [2.75, 3.05) is 32.8 Å². The summed E-state index contributed by atoms with van der Waals surface area (Å²) < 4.78 is 19.8. The van der Waals surface area contributed by atoms with Gasteiger partial charge in [-0.25, -0.2) is 4.39 Å². The summed E-state index contributed by atoms with van der Waals surface area (Å²) in [4.78, 5) is 13.9. The van der Waals surface area contributed by atoms with Crippen molar-refractivity contribution in [3.05, 3.63) is 29.6 Å². The molecule has 1 saturated heterocycles. The third-order valence-electron chi connectivity index (χ3n) is 4.34. The molecule has 0 radical (unpaired) electrons. The SMILES string of the molecule is CC(C)CCOc1ccc(CN2CC(C(=O)NCCCO)C2)c(F)c1. The van der Waals surface area contributed by atoms with Crippen LogP contribution in [0.4, 0.5) is 4.39 Å². The van der Waals surface area contributed by atoms with Gasteiger partial charge in [0, 0.05) is 44.4 Å². The van der Waals surface area contributed by atoms with Crippen LogP contribution in [0.15, 0.2) is 18.2 Å². The molecule has 5 nitrogen and oxygen atoms in total. The zero-order chi connectivity index (χ0) is 18.2. The average Bonchev–Trinajstić information content (AvgIpc) is 2.52. The highest BCUT2D eigenvalue weighted by Crippen LogP contribution is 2.23. The zero-order valence-corrected chi connectivity index (χ0v) is 15.1. The number of likely N-dealkylation sites (tertiary alicyclic amines) is 1. The van der Waals surface area contributed by atoms with Gasteiger partial charge in [-0.05, 0) is 24.8 Å². The molecule has 1 aliphatic rings. The highest BCUT2D eigenvalue weighted by atomic mass is 19.1. The predicted molar refractivity (Wildman–Crippen MR) is 94.8 cm³/mol. The van der Waals surface area contributed by atoms with Crippen LogP contribution in [0, 0.1) is 17.7 Å². The number of carbonyl (C=O) groups excluding carboxylic acids is 1. The molecule has 1 fully saturated rings. The Balaban J connectivity index is 1.74. The van der Waals surface area contributed by atoms with Crippen molar-refractivity contribution >= 4 is 5.91 Å². The molecule has 2 N–H and O–H groups in total. The number of amides is 1. The van der Waals surface area contributed by atoms with Crippen LogP contribution in [-0.2, 0) is 11.3 Å². The smallest absolute Gasteiger partial charge is 0.225 e. The monoisotopic (exact) mass is 352 g/mol. The van der Waals surface area contributed by atoms with Crippen molar-refractivity contribution in [2.24, 2.45) is 11.8 Å². The minimum Gasteiger partial charge on any atom is -0.493 e. The molecule has 2 rings (SSSR count). The third kappa shape index (κ3) is 6.29. The quantitative estimate of drug-likeness (QED) is 0.634. The lowest BCUT2D eigenvalue weighted by Crippen LogP contribution is -2.53. The fraction of sp³-hybridized carbons (Fsp3) is 0.632. The number of ether oxygens (including phenoxy) is 1. The standard InChI is InChI=1S/C19H29FN2O3/c1-14(2)6-9-25-17-5-4-15(18(20)10-17)11-22-12-16(13-22)19(24)21-7-3-8-23/h4-5,10,14,16,23H,3,6-9,11-13H2,1-2H3,(H,21,24). The van der Waals surface area contributed by atoms with Gasteiger partial charge in [0.2, 0.25) is 5.91 Å². The van der Waals surface area contributed by atoms with Crippen molar-refractivity contribution in [3.63, 3.8) is 0 Å². The normalized spacial score (nSPS) is 15.2. The number of carbonyl (C=O) groups is 1. The second-order valence-corrected chi connectivity index (χ2v) is 7.04. The van der Waals surface area contributed by atoms with Gasteiger partial charge in [-0.1, -0.05) is 19.9 Å². The van der Waals surface area contributed by atoms with Crippen molar-refractivity contribution in [2.45, 2.75) is 33.2 Å². The molecule has 0 aromatic heterocycles. The third-order valence-corrected chi connectivity index (χ3v) is 4.34. The largest absolute Gasteiger partial charge is 0.493 e. The molecule has 1 aromatic rings. The number of hydrogen-bond acceptors (Lipinski definition) is 4. The summed E-state index contributed by atoms with van der Waals surface area (Å²) in [7, 11) is 0. The highest BCUT2D eigenvalue weighted by molar-refractivity contribution is 5.79. The van der Waals surface area contributed by atoms with Crippen LogP contribution in [0.25, 0.3) is 0 Å². The van der Waals surface area contributed by atoms with E-state index in [4.69, 9.17) is 9.84 Å². The van der Waals surface area contributed by atoms with Crippen LogP contribution in [0.3, 0.4) is 0 Å². The molecular weight excluding hydrogens is 323 g/mol. The van der Waals surface area contributed by atoms with Gasteiger partial charge in [-0.15, -0.1) is 0 Å². The lowest BCUT2D eigenvalue weighted by Gasteiger charge is -2.38. The first-order valence-corrected chi connectivity index (χ1v) is 9.01. The minimum atomic E-state index is -0.266. The number of halogens is 1. The van der Waals surface area contributed by atoms with Crippen LogP contribution in [0.2, 0.25) is 0 Å². The van der Waals surface area contributed by atoms with Gasteiger partial charge in [0.1, 0.15) is 11.6 Å². The number of rotatable bonds is 10. The molecule has 6 heteroatoms. The fourth-order valence-electron chi connectivity index (χ4n) is 2.70. The van der Waals surface area contributed by atoms with Gasteiger partial charge >= 0.3 is 0 Å². The van der Waals surface area contributed by atoms with Gasteiger partial charge in [0.05, 0.1) is 12.5 Å². The molecule has 0 atom stereocenters. The van der Waals surface area contributed by atoms with E-state index in [1.54, 1.807) is 12.1 Å². The van der Waals surface area contributed by atoms with E-state index < -0.39 is 0 Å². The topological polar surface area (TPSA) is 61.8 Å². The molecule has 0 unspecified atom stereocenters. The van der Waals surface area contributed by atoms with E-state index in [1.807, 2.05) is 4.90 Å². The number of hydrogen-bond donors (Lipinski definition) is 2. The van der Waals surface area contributed by atoms with Crippen LogP contribution < -0.4 is 10.1 Å². The van der Waals surface area contributed by atoms with Crippen LogP contribution in [0.1, 0.15) is 32.3 Å². The van der Waals surface area contributed by atoms with Gasteiger partial charge in [-0.3, -0.25) is 9.69 Å². The summed E-state index contributed by atoms with van der Waals surface area (Å²) in [6.45, 7) is 7.19. The first kappa shape index (κ1) is 19.7. The molecule has 0 saturated carbocycles. The van der Waals surface area contributed by atoms with E-state index in [0.717, 1.165) is 6.42 Å². The summed E-state index contributed by atoms with van der Waals surface area (Å²) in [6.07, 6.45) is 1.51. The van der Waals surface area contributed by atoms with Crippen molar-refractivity contribution in [3.8, 4) is 5.75 Å². The van der Waals surface area contributed by atoms with E-state index in [-0.39, 0.29) is 24.2 Å². The molecule has 1 heterocycles. The first-order valence-electron chi connectivity index (χ1n) is 9.01. The maximum Gasteiger partial charge on any atom is 0.225 e. The molecule has 25 heavy (non-hydrogen) atoms. The van der Waals surface area contributed by atoms with Gasteiger partial charge in [0.15, 0.2) is 0 Å². The average molecular weight is 352 g/mol. The van der Waals surface area contributed by atoms with E-state index in [0.29, 0.717) is 56.4 Å². The van der Waals surface area contributed by atoms with E-state index in [1.165, 1.54) is 6.07 Å². The van der Waals surface area contributed by atoms with Crippen LogP contribution in [-0.4, -0.2) is 48.8 Å². The maximum absolute atomic E-state index is 14.2. The molecular formula is C19H29FN2O3. The molecule has 140 valence electrons. The summed E-state index contributed by atoms with van der Waals surface area (Å²) in [5, 5.41) is 11.5. The Bertz CT molecular complexity index is 560. The summed E-state index contributed by atoms with van der Waals surface area (Å²) in [5.74, 6) is 0.827. The molecule has 1 aromatic carbocycles. The molecule has 0 spiro atoms. The summed E-state index contributed by atoms with van der Waals surface area (Å²) in [6, 6.07) is 5.00. The van der Waals surface area contributed by atoms with Crippen molar-refractivity contribution in [1.82, 2.24) is 10.2 Å². The minimum absolute atomic E-state index is 0.0130. The fourth-order valence-corrected chi connectivity index (χ4v) is 2.70. The van der Waals surface area contributed by atoms with Gasteiger partial charge in [-0.2, -0.15) is 0 Å². The Morgan fingerprint density at radius 2 is 2.20 bits per heavy atom. The van der Waals surface area contributed by atoms with Crippen LogP contribution in [0.5, 0.6) is 5.75 Å². The molecule has 1 aliphatic heterocycles. The Hall–Kier alpha value is -1.66. The second-order valence-electron chi connectivity index (χ2n) is 7.04. The Kier molecular flexibility index (Phi) is 7.65. The zero-order valence-electron chi connectivity index (χ0n) is 15.1. The summed E-state index contributed by atoms with van der Waals surface area (Å²) in [5.41, 5.74) is 0.621. The van der Waals surface area contributed by atoms with Gasteiger partial charge < -0.3 is 15.2 Å². The number of nitrogens with one attached hydrogen (secondary N) is 1. The maximum atomic E-state index is 14.2. The van der Waals surface area contributed by atoms with Crippen molar-refractivity contribution < 1.29 is 19.0 Å². The van der Waals surface area contributed by atoms with E-state index in [2.05, 4.69) is 19.2 Å². The number of nitrogens with zero attached hydrogens (tertiary/aromatic N) is 1.